The number of benzene rings is 1. The lowest BCUT2D eigenvalue weighted by Crippen LogP contribution is -2.39. The Labute approximate surface area is 120 Å². The van der Waals surface area contributed by atoms with Crippen LogP contribution in [0.4, 0.5) is 0 Å². The largest absolute Gasteiger partial charge is 0.504 e. The number of aromatic hydroxyl groups is 1. The summed E-state index contributed by atoms with van der Waals surface area (Å²) < 4.78 is 11.0. The second-order valence-corrected chi connectivity index (χ2v) is 5.89. The maximum absolute atomic E-state index is 9.66. The van der Waals surface area contributed by atoms with Crippen molar-refractivity contribution in [2.75, 3.05) is 13.7 Å². The van der Waals surface area contributed by atoms with Crippen molar-refractivity contribution in [2.45, 2.75) is 44.4 Å². The molecular weight excluding hydrogens is 254 g/mol. The highest BCUT2D eigenvalue weighted by atomic mass is 16.5. The zero-order chi connectivity index (χ0) is 14.1. The Bertz CT molecular complexity index is 473. The Morgan fingerprint density at radius 1 is 1.35 bits per heavy atom. The average molecular weight is 277 g/mol. The molecule has 3 unspecified atom stereocenters. The summed E-state index contributed by atoms with van der Waals surface area (Å²) in [6, 6.07) is 6.19. The first-order chi connectivity index (χ1) is 9.69. The van der Waals surface area contributed by atoms with E-state index in [1.54, 1.807) is 13.2 Å². The van der Waals surface area contributed by atoms with Gasteiger partial charge in [0.05, 0.1) is 13.2 Å². The number of phenolic OH excluding ortho intramolecular Hbond substituents is 1. The van der Waals surface area contributed by atoms with E-state index in [4.69, 9.17) is 9.47 Å². The third kappa shape index (κ3) is 2.76. The van der Waals surface area contributed by atoms with Crippen LogP contribution in [0.5, 0.6) is 11.5 Å². The molecule has 0 aromatic heterocycles. The smallest absolute Gasteiger partial charge is 0.160 e. The van der Waals surface area contributed by atoms with Crippen LogP contribution in [0.15, 0.2) is 18.2 Å². The predicted molar refractivity (Wildman–Crippen MR) is 77.1 cm³/mol. The van der Waals surface area contributed by atoms with Crippen LogP contribution in [0.3, 0.4) is 0 Å². The number of nitrogens with one attached hydrogen (secondary N) is 1. The monoisotopic (exact) mass is 277 g/mol. The van der Waals surface area contributed by atoms with Gasteiger partial charge < -0.3 is 19.9 Å². The topological polar surface area (TPSA) is 50.7 Å². The predicted octanol–water partition coefficient (Wildman–Crippen LogP) is 2.62. The number of rotatable bonds is 5. The molecule has 3 rings (SSSR count). The van der Waals surface area contributed by atoms with Gasteiger partial charge in [0.25, 0.3) is 0 Å². The van der Waals surface area contributed by atoms with Crippen LogP contribution < -0.4 is 10.1 Å². The van der Waals surface area contributed by atoms with Gasteiger partial charge in [-0.3, -0.25) is 0 Å². The number of hydrogen-bond donors (Lipinski definition) is 2. The van der Waals surface area contributed by atoms with Crippen LogP contribution in [-0.4, -0.2) is 31.0 Å². The first-order valence-corrected chi connectivity index (χ1v) is 7.43. The van der Waals surface area contributed by atoms with Crippen LogP contribution in [0.2, 0.25) is 0 Å². The molecule has 4 nitrogen and oxygen atoms in total. The van der Waals surface area contributed by atoms with E-state index in [1.807, 2.05) is 12.1 Å². The molecule has 1 aromatic carbocycles. The van der Waals surface area contributed by atoms with E-state index in [9.17, 15) is 5.11 Å². The summed E-state index contributed by atoms with van der Waals surface area (Å²) in [6.07, 6.45) is 4.09. The lowest BCUT2D eigenvalue weighted by Gasteiger charge is -2.24. The molecule has 0 amide bonds. The van der Waals surface area contributed by atoms with Gasteiger partial charge in [-0.1, -0.05) is 6.07 Å². The van der Waals surface area contributed by atoms with Gasteiger partial charge in [-0.2, -0.15) is 0 Å². The fraction of sp³-hybridized carbons (Fsp3) is 0.625. The van der Waals surface area contributed by atoms with Crippen molar-refractivity contribution in [2.24, 2.45) is 5.92 Å². The first-order valence-electron chi connectivity index (χ1n) is 7.43. The van der Waals surface area contributed by atoms with E-state index < -0.39 is 0 Å². The van der Waals surface area contributed by atoms with E-state index in [2.05, 4.69) is 12.2 Å². The van der Waals surface area contributed by atoms with Gasteiger partial charge in [0.2, 0.25) is 0 Å². The minimum atomic E-state index is 0.184. The molecule has 1 heterocycles. The molecule has 0 spiro atoms. The van der Waals surface area contributed by atoms with Gasteiger partial charge in [0.1, 0.15) is 0 Å². The summed E-state index contributed by atoms with van der Waals surface area (Å²) in [5, 5.41) is 13.3. The van der Waals surface area contributed by atoms with Gasteiger partial charge in [0.15, 0.2) is 11.5 Å². The minimum absolute atomic E-state index is 0.184. The Hall–Kier alpha value is -1.26. The van der Waals surface area contributed by atoms with Crippen LogP contribution in [0.1, 0.15) is 37.8 Å². The molecule has 2 aliphatic rings. The molecule has 0 bridgehead atoms. The van der Waals surface area contributed by atoms with Crippen molar-refractivity contribution in [1.29, 1.82) is 0 Å². The molecule has 2 fully saturated rings. The molecule has 1 aliphatic carbocycles. The fourth-order valence-corrected chi connectivity index (χ4v) is 3.06. The van der Waals surface area contributed by atoms with Gasteiger partial charge in [0, 0.05) is 18.7 Å². The van der Waals surface area contributed by atoms with Crippen LogP contribution in [-0.2, 0) is 4.74 Å². The molecule has 110 valence electrons. The minimum Gasteiger partial charge on any atom is -0.504 e. The third-order valence-electron chi connectivity index (χ3n) is 4.39. The lowest BCUT2D eigenvalue weighted by molar-refractivity contribution is 0.0793. The molecule has 3 atom stereocenters. The summed E-state index contributed by atoms with van der Waals surface area (Å²) in [4.78, 5) is 0. The summed E-state index contributed by atoms with van der Waals surface area (Å²) in [7, 11) is 1.57. The van der Waals surface area contributed by atoms with Crippen LogP contribution in [0, 0.1) is 5.92 Å². The molecule has 1 aliphatic heterocycles. The summed E-state index contributed by atoms with van der Waals surface area (Å²) in [5.74, 6) is 1.47. The summed E-state index contributed by atoms with van der Waals surface area (Å²) in [6.45, 7) is 3.01. The molecule has 1 saturated heterocycles. The third-order valence-corrected chi connectivity index (χ3v) is 4.39. The molecule has 2 N–H and O–H groups in total. The summed E-state index contributed by atoms with van der Waals surface area (Å²) in [5.41, 5.74) is 1.13. The average Bonchev–Trinajstić information content (AvgIpc) is 3.20. The Morgan fingerprint density at radius 3 is 2.85 bits per heavy atom. The fourth-order valence-electron chi connectivity index (χ4n) is 3.06. The highest BCUT2D eigenvalue weighted by Gasteiger charge is 2.40. The standard InChI is InChI=1S/C16H23NO3/c1-10(12-5-6-14(18)15(9-12)19-2)17-13-7-8-20-16(13)11-3-4-11/h5-6,9-11,13,16-18H,3-4,7-8H2,1-2H3. The van der Waals surface area contributed by atoms with Crippen molar-refractivity contribution in [3.8, 4) is 11.5 Å². The first kappa shape index (κ1) is 13.7. The highest BCUT2D eigenvalue weighted by Crippen LogP contribution is 2.39. The van der Waals surface area contributed by atoms with E-state index in [-0.39, 0.29) is 11.8 Å². The van der Waals surface area contributed by atoms with E-state index in [0.717, 1.165) is 24.5 Å². The number of ether oxygens (including phenoxy) is 2. The van der Waals surface area contributed by atoms with Gasteiger partial charge >= 0.3 is 0 Å². The van der Waals surface area contributed by atoms with Gasteiger partial charge in [-0.25, -0.2) is 0 Å². The molecule has 1 aromatic rings. The Balaban J connectivity index is 1.67. The molecule has 0 radical (unpaired) electrons. The van der Waals surface area contributed by atoms with Gasteiger partial charge in [-0.15, -0.1) is 0 Å². The number of hydrogen-bond acceptors (Lipinski definition) is 4. The second-order valence-electron chi connectivity index (χ2n) is 5.89. The number of methoxy groups -OCH3 is 1. The second kappa shape index (κ2) is 5.62. The van der Waals surface area contributed by atoms with E-state index >= 15 is 0 Å². The maximum atomic E-state index is 9.66. The highest BCUT2D eigenvalue weighted by molar-refractivity contribution is 5.42. The molecular formula is C16H23NO3. The van der Waals surface area contributed by atoms with Crippen molar-refractivity contribution < 1.29 is 14.6 Å². The lowest BCUT2D eigenvalue weighted by atomic mass is 10.0. The normalized spacial score (nSPS) is 27.5. The zero-order valence-electron chi connectivity index (χ0n) is 12.1. The van der Waals surface area contributed by atoms with Crippen LogP contribution >= 0.6 is 0 Å². The zero-order valence-corrected chi connectivity index (χ0v) is 12.1. The Morgan fingerprint density at radius 2 is 2.15 bits per heavy atom. The summed E-state index contributed by atoms with van der Waals surface area (Å²) >= 11 is 0. The van der Waals surface area contributed by atoms with E-state index in [0.29, 0.717) is 17.9 Å². The maximum Gasteiger partial charge on any atom is 0.160 e. The Kier molecular flexibility index (Phi) is 3.85. The van der Waals surface area contributed by atoms with Crippen molar-refractivity contribution in [1.82, 2.24) is 5.32 Å². The SMILES string of the molecule is COc1cc(C(C)NC2CCOC2C2CC2)ccc1O. The molecule has 1 saturated carbocycles. The van der Waals surface area contributed by atoms with Gasteiger partial charge in [-0.05, 0) is 49.8 Å². The van der Waals surface area contributed by atoms with Crippen molar-refractivity contribution in [3.05, 3.63) is 23.8 Å². The quantitative estimate of drug-likeness (QED) is 0.868. The van der Waals surface area contributed by atoms with Crippen molar-refractivity contribution in [3.63, 3.8) is 0 Å². The molecule has 4 heteroatoms. The van der Waals surface area contributed by atoms with E-state index in [1.165, 1.54) is 12.8 Å². The van der Waals surface area contributed by atoms with Crippen LogP contribution in [0.25, 0.3) is 0 Å². The molecule has 20 heavy (non-hydrogen) atoms. The number of phenols is 1. The van der Waals surface area contributed by atoms with Crippen molar-refractivity contribution >= 4 is 0 Å².